The van der Waals surface area contributed by atoms with Crippen molar-refractivity contribution in [2.24, 2.45) is 17.8 Å². The lowest BCUT2D eigenvalue weighted by Gasteiger charge is -2.30. The van der Waals surface area contributed by atoms with Crippen molar-refractivity contribution in [3.63, 3.8) is 0 Å². The lowest BCUT2D eigenvalue weighted by atomic mass is 9.78. The molecule has 0 unspecified atom stereocenters. The van der Waals surface area contributed by atoms with Gasteiger partial charge in [-0.2, -0.15) is 5.01 Å². The average Bonchev–Trinajstić information content (AvgIpc) is 3.03. The van der Waals surface area contributed by atoms with E-state index in [0.29, 0.717) is 17.0 Å². The number of fused-ring (bicyclic) bond motifs is 1. The van der Waals surface area contributed by atoms with Crippen LogP contribution in [0.25, 0.3) is 0 Å². The predicted octanol–water partition coefficient (Wildman–Crippen LogP) is 5.19. The topological polar surface area (TPSA) is 74.8 Å². The van der Waals surface area contributed by atoms with Crippen LogP contribution in [0.4, 0.5) is 0 Å². The fraction of sp³-hybridized carbons (Fsp3) is 0.250. The van der Waals surface area contributed by atoms with Crippen molar-refractivity contribution in [3.8, 4) is 0 Å². The Hall–Kier alpha value is -2.48. The summed E-state index contributed by atoms with van der Waals surface area (Å²) >= 11 is 15.5. The van der Waals surface area contributed by atoms with Crippen molar-refractivity contribution >= 4 is 62.6 Å². The highest BCUT2D eigenvalue weighted by molar-refractivity contribution is 9.10. The molecule has 0 aromatic heterocycles. The Labute approximate surface area is 209 Å². The minimum absolute atomic E-state index is 0.0336. The van der Waals surface area contributed by atoms with Crippen molar-refractivity contribution < 1.29 is 19.2 Å². The summed E-state index contributed by atoms with van der Waals surface area (Å²) in [6, 6.07) is 10.9. The number of carbonyl (C=O) groups is 4. The van der Waals surface area contributed by atoms with Gasteiger partial charge in [0, 0.05) is 15.1 Å². The van der Waals surface area contributed by atoms with Gasteiger partial charge in [0.15, 0.2) is 5.78 Å². The molecule has 1 heterocycles. The summed E-state index contributed by atoms with van der Waals surface area (Å²) in [5.41, 5.74) is 0.371. The van der Waals surface area contributed by atoms with Gasteiger partial charge in [0.1, 0.15) is 6.54 Å². The van der Waals surface area contributed by atoms with Crippen LogP contribution in [0.1, 0.15) is 34.1 Å². The zero-order valence-corrected chi connectivity index (χ0v) is 20.6. The summed E-state index contributed by atoms with van der Waals surface area (Å²) in [5, 5.41) is 2.13. The minimum Gasteiger partial charge on any atom is -0.292 e. The Balaban J connectivity index is 1.73. The van der Waals surface area contributed by atoms with Gasteiger partial charge in [0.05, 0.1) is 22.4 Å². The smallest absolute Gasteiger partial charge is 0.274 e. The third-order valence-electron chi connectivity index (χ3n) is 5.95. The molecule has 33 heavy (non-hydrogen) atoms. The molecular weight excluding hydrogens is 531 g/mol. The molecule has 0 spiro atoms. The molecule has 3 amide bonds. The maximum Gasteiger partial charge on any atom is 0.274 e. The van der Waals surface area contributed by atoms with Crippen molar-refractivity contribution in [2.45, 2.75) is 13.3 Å². The monoisotopic (exact) mass is 548 g/mol. The fourth-order valence-corrected chi connectivity index (χ4v) is 5.02. The molecule has 2 aromatic carbocycles. The molecule has 170 valence electrons. The Morgan fingerprint density at radius 2 is 1.79 bits per heavy atom. The fourth-order valence-electron chi connectivity index (χ4n) is 4.27. The van der Waals surface area contributed by atoms with E-state index in [1.807, 2.05) is 19.1 Å². The molecule has 6 nitrogen and oxygen atoms in total. The largest absolute Gasteiger partial charge is 0.292 e. The number of benzene rings is 2. The first kappa shape index (κ1) is 23.7. The van der Waals surface area contributed by atoms with E-state index in [1.54, 1.807) is 24.3 Å². The standard InChI is InChI=1S/C24H19BrCl2N2O4/c1-13-3-2-4-18-21(13)24(33)29(23(18)32)28(12-20(30)14-5-7-15(25)8-6-14)22(31)17-10-9-16(26)11-19(17)27/h2-3,5-11,13,18,21H,4,12H2,1H3/t13-,18-,21-/m1/s1. The lowest BCUT2D eigenvalue weighted by molar-refractivity contribution is -0.154. The van der Waals surface area contributed by atoms with Crippen LogP contribution in [0.3, 0.4) is 0 Å². The maximum atomic E-state index is 13.5. The van der Waals surface area contributed by atoms with Crippen LogP contribution in [-0.2, 0) is 9.59 Å². The third-order valence-corrected chi connectivity index (χ3v) is 7.02. The minimum atomic E-state index is -0.733. The summed E-state index contributed by atoms with van der Waals surface area (Å²) in [4.78, 5) is 53.2. The lowest BCUT2D eigenvalue weighted by Crippen LogP contribution is -2.52. The molecule has 2 aliphatic rings. The second kappa shape index (κ2) is 9.41. The predicted molar refractivity (Wildman–Crippen MR) is 128 cm³/mol. The number of amides is 3. The number of nitrogens with zero attached hydrogens (tertiary/aromatic N) is 2. The van der Waals surface area contributed by atoms with Crippen molar-refractivity contribution in [3.05, 3.63) is 80.3 Å². The van der Waals surface area contributed by atoms with Crippen LogP contribution in [0.15, 0.2) is 59.1 Å². The van der Waals surface area contributed by atoms with Crippen LogP contribution in [0.2, 0.25) is 10.0 Å². The molecule has 4 rings (SSSR count). The van der Waals surface area contributed by atoms with Crippen LogP contribution in [-0.4, -0.2) is 40.1 Å². The van der Waals surface area contributed by atoms with E-state index >= 15 is 0 Å². The molecule has 2 aromatic rings. The zero-order chi connectivity index (χ0) is 23.9. The van der Waals surface area contributed by atoms with E-state index < -0.39 is 41.9 Å². The van der Waals surface area contributed by atoms with E-state index in [1.165, 1.54) is 18.2 Å². The first-order chi connectivity index (χ1) is 15.7. The van der Waals surface area contributed by atoms with E-state index in [4.69, 9.17) is 23.2 Å². The van der Waals surface area contributed by atoms with Gasteiger partial charge in [-0.25, -0.2) is 5.01 Å². The molecule has 0 radical (unpaired) electrons. The quantitative estimate of drug-likeness (QED) is 0.292. The number of hydrazine groups is 1. The second-order valence-corrected chi connectivity index (χ2v) is 9.82. The van der Waals surface area contributed by atoms with E-state index in [2.05, 4.69) is 15.9 Å². The van der Waals surface area contributed by atoms with Gasteiger partial charge in [-0.3, -0.25) is 19.2 Å². The van der Waals surface area contributed by atoms with E-state index in [9.17, 15) is 19.2 Å². The summed E-state index contributed by atoms with van der Waals surface area (Å²) in [6.07, 6.45) is 4.17. The van der Waals surface area contributed by atoms with Gasteiger partial charge >= 0.3 is 0 Å². The van der Waals surface area contributed by atoms with Gasteiger partial charge in [-0.05, 0) is 42.7 Å². The molecule has 0 saturated carbocycles. The van der Waals surface area contributed by atoms with Crippen LogP contribution in [0.5, 0.6) is 0 Å². The van der Waals surface area contributed by atoms with E-state index in [0.717, 1.165) is 14.5 Å². The highest BCUT2D eigenvalue weighted by Gasteiger charge is 2.53. The summed E-state index contributed by atoms with van der Waals surface area (Å²) in [6.45, 7) is 1.36. The van der Waals surface area contributed by atoms with Crippen LogP contribution < -0.4 is 0 Å². The normalized spacial score (nSPS) is 21.8. The Bertz CT molecular complexity index is 1180. The number of allylic oxidation sites excluding steroid dienone is 2. The molecular formula is C24H19BrCl2N2O4. The number of hydrogen-bond acceptors (Lipinski definition) is 4. The highest BCUT2D eigenvalue weighted by atomic mass is 79.9. The summed E-state index contributed by atoms with van der Waals surface area (Å²) in [7, 11) is 0. The molecule has 0 bridgehead atoms. The molecule has 1 aliphatic heterocycles. The number of halogens is 3. The highest BCUT2D eigenvalue weighted by Crippen LogP contribution is 2.39. The number of ketones is 1. The Kier molecular flexibility index (Phi) is 6.75. The number of carbonyl (C=O) groups excluding carboxylic acids is 4. The van der Waals surface area contributed by atoms with Crippen LogP contribution in [0, 0.1) is 17.8 Å². The SMILES string of the molecule is C[C@@H]1C=CC[C@H]2C(=O)N(N(CC(=O)c3ccc(Br)cc3)C(=O)c3ccc(Cl)cc3Cl)C(=O)[C@H]12. The molecule has 0 N–H and O–H groups in total. The summed E-state index contributed by atoms with van der Waals surface area (Å²) in [5.74, 6) is -3.47. The van der Waals surface area contributed by atoms with Gasteiger partial charge in [0.2, 0.25) is 0 Å². The number of hydrogen-bond donors (Lipinski definition) is 0. The number of rotatable bonds is 5. The van der Waals surface area contributed by atoms with Gasteiger partial charge in [0.25, 0.3) is 17.7 Å². The Morgan fingerprint density at radius 3 is 2.42 bits per heavy atom. The van der Waals surface area contributed by atoms with Gasteiger partial charge in [-0.1, -0.05) is 70.3 Å². The first-order valence-corrected chi connectivity index (χ1v) is 11.8. The molecule has 9 heteroatoms. The number of imide groups is 1. The van der Waals surface area contributed by atoms with Gasteiger partial charge in [-0.15, -0.1) is 0 Å². The zero-order valence-electron chi connectivity index (χ0n) is 17.5. The first-order valence-electron chi connectivity index (χ1n) is 10.3. The van der Waals surface area contributed by atoms with E-state index in [-0.39, 0.29) is 16.5 Å². The molecule has 3 atom stereocenters. The van der Waals surface area contributed by atoms with Crippen molar-refractivity contribution in [2.75, 3.05) is 6.54 Å². The maximum absolute atomic E-state index is 13.5. The van der Waals surface area contributed by atoms with Crippen LogP contribution >= 0.6 is 39.1 Å². The van der Waals surface area contributed by atoms with Crippen molar-refractivity contribution in [1.82, 2.24) is 10.0 Å². The second-order valence-electron chi connectivity index (χ2n) is 8.06. The van der Waals surface area contributed by atoms with Gasteiger partial charge < -0.3 is 0 Å². The Morgan fingerprint density at radius 1 is 1.09 bits per heavy atom. The average molecular weight is 550 g/mol. The molecule has 1 aliphatic carbocycles. The molecule has 1 saturated heterocycles. The molecule has 1 fully saturated rings. The summed E-state index contributed by atoms with van der Waals surface area (Å²) < 4.78 is 0.787. The van der Waals surface area contributed by atoms with Crippen molar-refractivity contribution in [1.29, 1.82) is 0 Å². The third kappa shape index (κ3) is 4.50. The number of Topliss-reactive ketones (excluding diaryl/α,β-unsaturated/α-hetero) is 1.